The van der Waals surface area contributed by atoms with Crippen molar-refractivity contribution in [3.63, 3.8) is 0 Å². The zero-order valence-electron chi connectivity index (χ0n) is 10.4. The Labute approximate surface area is 101 Å². The first-order chi connectivity index (χ1) is 8.21. The van der Waals surface area contributed by atoms with Crippen LogP contribution in [0.1, 0.15) is 6.92 Å². The smallest absolute Gasteiger partial charge is 0.239 e. The molecular formula is C12H18N2O3. The average molecular weight is 238 g/mol. The largest absolute Gasteiger partial charge is 0.493 e. The van der Waals surface area contributed by atoms with Crippen molar-refractivity contribution in [2.45, 2.75) is 6.92 Å². The molecule has 0 saturated carbocycles. The maximum atomic E-state index is 11.3. The highest BCUT2D eigenvalue weighted by atomic mass is 16.5. The van der Waals surface area contributed by atoms with Crippen LogP contribution in [0.25, 0.3) is 0 Å². The number of carbonyl (C=O) groups excluding carboxylic acids is 1. The van der Waals surface area contributed by atoms with Gasteiger partial charge >= 0.3 is 0 Å². The minimum atomic E-state index is -0.0396. The molecule has 0 aliphatic heterocycles. The molecule has 0 saturated heterocycles. The zero-order chi connectivity index (χ0) is 12.7. The second-order valence-corrected chi connectivity index (χ2v) is 3.38. The number of likely N-dealkylation sites (N-methyl/N-ethyl adjacent to an activating group) is 1. The topological polar surface area (TPSA) is 59.6 Å². The molecule has 0 atom stereocenters. The molecule has 0 heterocycles. The fourth-order valence-corrected chi connectivity index (χ4v) is 1.39. The molecule has 2 N–H and O–H groups in total. The summed E-state index contributed by atoms with van der Waals surface area (Å²) in [6, 6.07) is 5.41. The molecule has 5 nitrogen and oxygen atoms in total. The number of ether oxygens (including phenoxy) is 2. The van der Waals surface area contributed by atoms with E-state index in [9.17, 15) is 4.79 Å². The molecule has 1 aromatic carbocycles. The number of methoxy groups -OCH3 is 2. The fraction of sp³-hybridized carbons (Fsp3) is 0.417. The lowest BCUT2D eigenvalue weighted by Crippen LogP contribution is -2.29. The van der Waals surface area contributed by atoms with Crippen LogP contribution < -0.4 is 20.1 Å². The van der Waals surface area contributed by atoms with Crippen molar-refractivity contribution < 1.29 is 14.3 Å². The first-order valence-electron chi connectivity index (χ1n) is 5.43. The Hall–Kier alpha value is -1.91. The number of hydrogen-bond acceptors (Lipinski definition) is 4. The average Bonchev–Trinajstić information content (AvgIpc) is 2.36. The number of carbonyl (C=O) groups is 1. The van der Waals surface area contributed by atoms with Gasteiger partial charge in [-0.25, -0.2) is 0 Å². The summed E-state index contributed by atoms with van der Waals surface area (Å²) in [6.45, 7) is 2.75. The molecule has 0 aliphatic carbocycles. The Morgan fingerprint density at radius 3 is 2.53 bits per heavy atom. The normalized spacial score (nSPS) is 9.59. The van der Waals surface area contributed by atoms with Gasteiger partial charge in [0.05, 0.1) is 20.8 Å². The molecule has 17 heavy (non-hydrogen) atoms. The Kier molecular flexibility index (Phi) is 5.13. The molecule has 0 unspecified atom stereocenters. The summed E-state index contributed by atoms with van der Waals surface area (Å²) in [5.74, 6) is 1.26. The number of benzene rings is 1. The van der Waals surface area contributed by atoms with E-state index in [4.69, 9.17) is 9.47 Å². The highest BCUT2D eigenvalue weighted by molar-refractivity contribution is 5.80. The monoisotopic (exact) mass is 238 g/mol. The summed E-state index contributed by atoms with van der Waals surface area (Å²) >= 11 is 0. The van der Waals surface area contributed by atoms with Crippen molar-refractivity contribution in [1.82, 2.24) is 5.32 Å². The van der Waals surface area contributed by atoms with E-state index in [1.165, 1.54) is 0 Å². The van der Waals surface area contributed by atoms with Gasteiger partial charge in [-0.2, -0.15) is 0 Å². The number of hydrogen-bond donors (Lipinski definition) is 2. The molecule has 1 rings (SSSR count). The van der Waals surface area contributed by atoms with Gasteiger partial charge in [0.2, 0.25) is 5.91 Å². The number of nitrogens with one attached hydrogen (secondary N) is 2. The van der Waals surface area contributed by atoms with Crippen LogP contribution in [-0.4, -0.2) is 33.2 Å². The molecule has 0 spiro atoms. The maximum Gasteiger partial charge on any atom is 0.239 e. The number of rotatable bonds is 6. The van der Waals surface area contributed by atoms with Crippen molar-refractivity contribution >= 4 is 11.6 Å². The van der Waals surface area contributed by atoms with E-state index in [1.807, 2.05) is 13.0 Å². The second-order valence-electron chi connectivity index (χ2n) is 3.38. The molecule has 5 heteroatoms. The van der Waals surface area contributed by atoms with E-state index in [0.717, 1.165) is 5.69 Å². The minimum absolute atomic E-state index is 0.0396. The van der Waals surface area contributed by atoms with Crippen LogP contribution >= 0.6 is 0 Å². The summed E-state index contributed by atoms with van der Waals surface area (Å²) in [6.07, 6.45) is 0. The number of amides is 1. The fourth-order valence-electron chi connectivity index (χ4n) is 1.39. The van der Waals surface area contributed by atoms with Crippen molar-refractivity contribution in [2.24, 2.45) is 0 Å². The first kappa shape index (κ1) is 13.2. The van der Waals surface area contributed by atoms with Gasteiger partial charge < -0.3 is 20.1 Å². The molecular weight excluding hydrogens is 220 g/mol. The van der Waals surface area contributed by atoms with Gasteiger partial charge in [-0.05, 0) is 19.1 Å². The SMILES string of the molecule is CCNC(=O)CNc1ccc(OC)c(OC)c1. The number of anilines is 1. The van der Waals surface area contributed by atoms with E-state index in [2.05, 4.69) is 10.6 Å². The second kappa shape index (κ2) is 6.62. The molecule has 1 amide bonds. The van der Waals surface area contributed by atoms with Gasteiger partial charge in [-0.1, -0.05) is 0 Å². The van der Waals surface area contributed by atoms with Crippen LogP contribution in [0.15, 0.2) is 18.2 Å². The molecule has 0 fully saturated rings. The molecule has 0 aromatic heterocycles. The van der Waals surface area contributed by atoms with E-state index in [-0.39, 0.29) is 12.5 Å². The Bertz CT molecular complexity index is 380. The van der Waals surface area contributed by atoms with Gasteiger partial charge in [0, 0.05) is 18.3 Å². The highest BCUT2D eigenvalue weighted by Crippen LogP contribution is 2.29. The molecule has 1 aromatic rings. The summed E-state index contributed by atoms with van der Waals surface area (Å²) in [7, 11) is 3.16. The Morgan fingerprint density at radius 2 is 1.94 bits per heavy atom. The standard InChI is InChI=1S/C12H18N2O3/c1-4-13-12(15)8-14-9-5-6-10(16-2)11(7-9)17-3/h5-7,14H,4,8H2,1-3H3,(H,13,15). The summed E-state index contributed by atoms with van der Waals surface area (Å²) in [5.41, 5.74) is 0.814. The van der Waals surface area contributed by atoms with Gasteiger partial charge in [0.15, 0.2) is 11.5 Å². The minimum Gasteiger partial charge on any atom is -0.493 e. The molecule has 0 bridgehead atoms. The molecule has 0 aliphatic rings. The summed E-state index contributed by atoms with van der Waals surface area (Å²) < 4.78 is 10.3. The third kappa shape index (κ3) is 3.86. The highest BCUT2D eigenvalue weighted by Gasteiger charge is 2.05. The van der Waals surface area contributed by atoms with Crippen LogP contribution in [0.3, 0.4) is 0 Å². The van der Waals surface area contributed by atoms with E-state index in [0.29, 0.717) is 18.0 Å². The molecule has 0 radical (unpaired) electrons. The third-order valence-electron chi connectivity index (χ3n) is 2.21. The Balaban J connectivity index is 2.63. The van der Waals surface area contributed by atoms with Crippen LogP contribution in [-0.2, 0) is 4.79 Å². The lowest BCUT2D eigenvalue weighted by molar-refractivity contribution is -0.119. The van der Waals surface area contributed by atoms with Crippen molar-refractivity contribution in [2.75, 3.05) is 32.6 Å². The van der Waals surface area contributed by atoms with Crippen LogP contribution in [0.5, 0.6) is 11.5 Å². The molecule has 94 valence electrons. The summed E-state index contributed by atoms with van der Waals surface area (Å²) in [4.78, 5) is 11.3. The van der Waals surface area contributed by atoms with Crippen LogP contribution in [0, 0.1) is 0 Å². The lowest BCUT2D eigenvalue weighted by Gasteiger charge is -2.11. The summed E-state index contributed by atoms with van der Waals surface area (Å²) in [5, 5.41) is 5.72. The van der Waals surface area contributed by atoms with Crippen molar-refractivity contribution in [3.8, 4) is 11.5 Å². The van der Waals surface area contributed by atoms with E-state index < -0.39 is 0 Å². The van der Waals surface area contributed by atoms with Crippen LogP contribution in [0.2, 0.25) is 0 Å². The van der Waals surface area contributed by atoms with E-state index in [1.54, 1.807) is 26.4 Å². The van der Waals surface area contributed by atoms with Gasteiger partial charge in [-0.15, -0.1) is 0 Å². The quantitative estimate of drug-likeness (QED) is 0.783. The first-order valence-corrected chi connectivity index (χ1v) is 5.43. The maximum absolute atomic E-state index is 11.3. The third-order valence-corrected chi connectivity index (χ3v) is 2.21. The van der Waals surface area contributed by atoms with Gasteiger partial charge in [-0.3, -0.25) is 4.79 Å². The van der Waals surface area contributed by atoms with E-state index >= 15 is 0 Å². The lowest BCUT2D eigenvalue weighted by atomic mass is 10.2. The van der Waals surface area contributed by atoms with Crippen LogP contribution in [0.4, 0.5) is 5.69 Å². The van der Waals surface area contributed by atoms with Gasteiger partial charge in [0.1, 0.15) is 0 Å². The zero-order valence-corrected chi connectivity index (χ0v) is 10.4. The van der Waals surface area contributed by atoms with Crippen molar-refractivity contribution in [3.05, 3.63) is 18.2 Å². The van der Waals surface area contributed by atoms with Crippen molar-refractivity contribution in [1.29, 1.82) is 0 Å². The Morgan fingerprint density at radius 1 is 1.24 bits per heavy atom. The van der Waals surface area contributed by atoms with Gasteiger partial charge in [0.25, 0.3) is 0 Å². The predicted molar refractivity (Wildman–Crippen MR) is 66.7 cm³/mol. The predicted octanol–water partition coefficient (Wildman–Crippen LogP) is 1.25.